The normalized spacial score (nSPS) is 22.4. The second kappa shape index (κ2) is 10.1. The summed E-state index contributed by atoms with van der Waals surface area (Å²) in [6.45, 7) is -0.318. The lowest BCUT2D eigenvalue weighted by atomic mass is 10.0. The van der Waals surface area contributed by atoms with Gasteiger partial charge in [-0.15, -0.1) is 0 Å². The molecule has 0 fully saturated rings. The molecule has 1 atom stereocenters. The number of ether oxygens (including phenoxy) is 3. The lowest BCUT2D eigenvalue weighted by molar-refractivity contribution is 0.0976. The van der Waals surface area contributed by atoms with Crippen LogP contribution in [0.1, 0.15) is 56.5 Å². The Morgan fingerprint density at radius 3 is 2.69 bits per heavy atom. The molecule has 2 aromatic carbocycles. The van der Waals surface area contributed by atoms with Crippen molar-refractivity contribution in [3.05, 3.63) is 52.9 Å². The highest BCUT2D eigenvalue weighted by Gasteiger charge is 2.07. The molecule has 2 aromatic rings. The molecule has 0 radical (unpaired) electrons. The molecule has 4 heteroatoms. The smallest absolute Gasteiger partial charge is 0.160 e. The Kier molecular flexibility index (Phi) is 3.03. The summed E-state index contributed by atoms with van der Waals surface area (Å²) in [6.07, 6.45) is -10.1. The van der Waals surface area contributed by atoms with Crippen LogP contribution in [0.2, 0.25) is 0 Å². The molecule has 1 unspecified atom stereocenters. The van der Waals surface area contributed by atoms with Gasteiger partial charge in [-0.05, 0) is 73.9 Å². The van der Waals surface area contributed by atoms with Crippen LogP contribution in [0, 0.1) is 13.8 Å². The summed E-state index contributed by atoms with van der Waals surface area (Å²) in [5.41, 5.74) is -0.298. The molecule has 2 rings (SSSR count). The first kappa shape index (κ1) is 7.81. The molecule has 0 aliphatic heterocycles. The fraction of sp³-hybridized carbons (Fsp3) is 0.455. The van der Waals surface area contributed by atoms with Crippen molar-refractivity contribution < 1.29 is 39.9 Å². The molecule has 26 heavy (non-hydrogen) atoms. The molecular weight excluding hydrogens is 328 g/mol. The van der Waals surface area contributed by atoms with Gasteiger partial charge in [-0.1, -0.05) is 18.5 Å². The van der Waals surface area contributed by atoms with Crippen LogP contribution in [0.15, 0.2) is 36.3 Å². The summed E-state index contributed by atoms with van der Waals surface area (Å²) in [4.78, 5) is 0. The van der Waals surface area contributed by atoms with E-state index in [2.05, 4.69) is 0 Å². The summed E-state index contributed by atoms with van der Waals surface area (Å²) in [5.74, 6) is -2.09. The minimum Gasteiger partial charge on any atom is -0.493 e. The number of hydrogen-bond donors (Lipinski definition) is 1. The van der Waals surface area contributed by atoms with Crippen molar-refractivity contribution in [2.75, 3.05) is 20.7 Å². The maximum atomic E-state index is 10.6. The highest BCUT2D eigenvalue weighted by molar-refractivity contribution is 5.42. The van der Waals surface area contributed by atoms with Crippen LogP contribution in [-0.4, -0.2) is 31.9 Å². The van der Waals surface area contributed by atoms with Gasteiger partial charge in [-0.2, -0.15) is 0 Å². The molecule has 0 bridgehead atoms. The molecule has 0 heterocycles. The van der Waals surface area contributed by atoms with Crippen molar-refractivity contribution in [3.63, 3.8) is 0 Å². The van der Waals surface area contributed by atoms with Crippen LogP contribution in [0.25, 0.3) is 0 Å². The van der Waals surface area contributed by atoms with Crippen molar-refractivity contribution in [2.24, 2.45) is 0 Å². The van der Waals surface area contributed by atoms with E-state index in [1.54, 1.807) is 0 Å². The van der Waals surface area contributed by atoms with Gasteiger partial charge in [0.25, 0.3) is 0 Å². The third-order valence-corrected chi connectivity index (χ3v) is 3.32. The van der Waals surface area contributed by atoms with E-state index in [1.165, 1.54) is 13.8 Å². The predicted octanol–water partition coefficient (Wildman–Crippen LogP) is 4.47. The van der Waals surface area contributed by atoms with Crippen LogP contribution >= 0.6 is 0 Å². The molecule has 0 saturated carbocycles. The summed E-state index contributed by atoms with van der Waals surface area (Å²) in [7, 11) is -2.08. The average molecular weight is 374 g/mol. The van der Waals surface area contributed by atoms with Gasteiger partial charge in [-0.3, -0.25) is 0 Å². The lowest BCUT2D eigenvalue weighted by Gasteiger charge is -2.13. The van der Waals surface area contributed by atoms with E-state index in [9.17, 15) is 5.11 Å². The number of hydrogen-bond acceptors (Lipinski definition) is 4. The number of rotatable bonds is 10. The van der Waals surface area contributed by atoms with Crippen LogP contribution in [0.3, 0.4) is 0 Å². The van der Waals surface area contributed by atoms with Gasteiger partial charge in [-0.25, -0.2) is 0 Å². The Hall–Kier alpha value is -2.20. The topological polar surface area (TPSA) is 47.9 Å². The molecule has 142 valence electrons. The van der Waals surface area contributed by atoms with Gasteiger partial charge in [0.1, 0.15) is 12.3 Å². The Balaban J connectivity index is 2.43. The van der Waals surface area contributed by atoms with Crippen LogP contribution in [0.4, 0.5) is 0 Å². The molecule has 1 N–H and O–H groups in total. The van der Waals surface area contributed by atoms with E-state index in [1.807, 2.05) is 0 Å². The van der Waals surface area contributed by atoms with E-state index in [4.69, 9.17) is 34.8 Å². The minimum absolute atomic E-state index is 0.218. The highest BCUT2D eigenvalue weighted by Crippen LogP contribution is 2.28. The Morgan fingerprint density at radius 2 is 1.92 bits per heavy atom. The van der Waals surface area contributed by atoms with Crippen molar-refractivity contribution in [1.82, 2.24) is 0 Å². The van der Waals surface area contributed by atoms with Gasteiger partial charge >= 0.3 is 0 Å². The molecule has 0 saturated heterocycles. The first-order valence-corrected chi connectivity index (χ1v) is 7.72. The van der Waals surface area contributed by atoms with E-state index >= 15 is 0 Å². The van der Waals surface area contributed by atoms with Crippen LogP contribution in [0.5, 0.6) is 17.2 Å². The number of methoxy groups -OCH3 is 2. The Labute approximate surface area is 177 Å². The largest absolute Gasteiger partial charge is 0.493 e. The van der Waals surface area contributed by atoms with Gasteiger partial charge in [0.05, 0.1) is 35.3 Å². The number of benzene rings is 2. The summed E-state index contributed by atoms with van der Waals surface area (Å²) >= 11 is 0. The van der Waals surface area contributed by atoms with Gasteiger partial charge < -0.3 is 19.3 Å². The van der Waals surface area contributed by atoms with Crippen LogP contribution < -0.4 is 14.2 Å². The van der Waals surface area contributed by atoms with E-state index < -0.39 is 98.3 Å². The monoisotopic (exact) mass is 373 g/mol. The van der Waals surface area contributed by atoms with Crippen molar-refractivity contribution in [1.29, 1.82) is 0 Å². The second-order valence-corrected chi connectivity index (χ2v) is 5.17. The zero-order chi connectivity index (χ0) is 32.0. The Morgan fingerprint density at radius 1 is 1.08 bits per heavy atom. The molecule has 0 aromatic heterocycles. The average Bonchev–Trinajstić information content (AvgIpc) is 2.85. The zero-order valence-corrected chi connectivity index (χ0v) is 14.7. The minimum atomic E-state index is -3.26. The fourth-order valence-corrected chi connectivity index (χ4v) is 1.82. The maximum absolute atomic E-state index is 10.6. The van der Waals surface area contributed by atoms with Crippen molar-refractivity contribution >= 4 is 0 Å². The van der Waals surface area contributed by atoms with E-state index in [0.29, 0.717) is 0 Å². The van der Waals surface area contributed by atoms with Crippen molar-refractivity contribution in [3.8, 4) is 17.2 Å². The van der Waals surface area contributed by atoms with Gasteiger partial charge in [0.2, 0.25) is 0 Å². The third kappa shape index (κ3) is 5.95. The quantitative estimate of drug-likeness (QED) is 0.667. The third-order valence-electron chi connectivity index (χ3n) is 3.32. The first-order chi connectivity index (χ1) is 18.4. The van der Waals surface area contributed by atoms with E-state index in [0.717, 1.165) is 7.11 Å². The molecule has 0 aliphatic carbocycles. The number of aliphatic hydroxyl groups excluding tert-OH is 1. The SMILES string of the molecule is [2H]c1c([2H])c(OC([2H])([2H])C(O)C([2H])([2H])CCC([2H])([2H])c2c([2H])c([2H])c(OC)c(OC([2H])([2H])[2H])c2[2H])c([2H])c(C)c1C. The predicted molar refractivity (Wildman–Crippen MR) is 105 cm³/mol. The number of aliphatic hydroxyl groups is 1. The molecular formula is C22H30O4. The van der Waals surface area contributed by atoms with Crippen molar-refractivity contribution in [2.45, 2.75) is 45.5 Å². The fourth-order valence-electron chi connectivity index (χ4n) is 1.82. The molecule has 0 aliphatic rings. The second-order valence-electron chi connectivity index (χ2n) is 5.17. The molecule has 0 spiro atoms. The van der Waals surface area contributed by atoms with Gasteiger partial charge in [0.15, 0.2) is 11.5 Å². The Bertz CT molecular complexity index is 1280. The summed E-state index contributed by atoms with van der Waals surface area (Å²) in [6, 6.07) is -3.96. The molecule has 0 amide bonds. The lowest BCUT2D eigenvalue weighted by Crippen LogP contribution is -2.17. The standard InChI is InChI=1S/C22H30O4/c1-16-9-11-20(13-17(16)2)26-15-19(23)8-6-5-7-18-10-12-21(24-3)22(14-18)25-4/h9-14,19,23H,5-8,15H2,1-4H3/i4D3,7D2,8D2,9D,10D,11D,12D,13D,14D,15D2. The van der Waals surface area contributed by atoms with E-state index in [-0.39, 0.29) is 17.2 Å². The zero-order valence-electron chi connectivity index (χ0n) is 29.7. The summed E-state index contributed by atoms with van der Waals surface area (Å²) in [5, 5.41) is 10.6. The molecule has 4 nitrogen and oxygen atoms in total. The highest BCUT2D eigenvalue weighted by atomic mass is 16.5. The van der Waals surface area contributed by atoms with Gasteiger partial charge in [0, 0.05) is 5.48 Å². The maximum Gasteiger partial charge on any atom is 0.160 e. The van der Waals surface area contributed by atoms with Crippen LogP contribution in [-0.2, 0) is 6.37 Å². The first-order valence-electron chi connectivity index (χ1n) is 15.2. The summed E-state index contributed by atoms with van der Waals surface area (Å²) < 4.78 is 135.